The van der Waals surface area contributed by atoms with Gasteiger partial charge < -0.3 is 25.4 Å². The maximum absolute atomic E-state index is 12.1. The van der Waals surface area contributed by atoms with Gasteiger partial charge in [0.15, 0.2) is 0 Å². The van der Waals surface area contributed by atoms with E-state index >= 15 is 0 Å². The molecule has 3 amide bonds. The van der Waals surface area contributed by atoms with Crippen LogP contribution < -0.4 is 20.3 Å². The first kappa shape index (κ1) is 16.1. The van der Waals surface area contributed by atoms with Crippen molar-refractivity contribution >= 4 is 17.6 Å². The molecule has 1 aliphatic heterocycles. The van der Waals surface area contributed by atoms with E-state index in [0.717, 1.165) is 11.4 Å². The predicted octanol–water partition coefficient (Wildman–Crippen LogP) is 0.480. The number of rotatable bonds is 5. The van der Waals surface area contributed by atoms with E-state index in [1.54, 1.807) is 31.1 Å². The summed E-state index contributed by atoms with van der Waals surface area (Å²) >= 11 is 0. The number of benzene rings is 1. The standard InChI is InChI=1S/C15H21N3O4/c1-10(19)8-16-15(21)17-11-7-14(20)18(9-11)12-3-5-13(22-2)6-4-12/h3-6,10-11,19H,7-9H2,1-2H3,(H2,16,17,21)/t10-,11+/m0/s1. The number of nitrogens with one attached hydrogen (secondary N) is 2. The van der Waals surface area contributed by atoms with Crippen LogP contribution in [-0.4, -0.2) is 49.4 Å². The average molecular weight is 307 g/mol. The Morgan fingerprint density at radius 2 is 2.14 bits per heavy atom. The highest BCUT2D eigenvalue weighted by atomic mass is 16.5. The summed E-state index contributed by atoms with van der Waals surface area (Å²) in [6.45, 7) is 2.19. The maximum atomic E-state index is 12.1. The zero-order valence-electron chi connectivity index (χ0n) is 12.7. The molecule has 1 aliphatic rings. The fraction of sp³-hybridized carbons (Fsp3) is 0.467. The molecule has 7 nitrogen and oxygen atoms in total. The molecule has 1 aromatic carbocycles. The highest BCUT2D eigenvalue weighted by Crippen LogP contribution is 2.24. The summed E-state index contributed by atoms with van der Waals surface area (Å²) in [7, 11) is 1.59. The lowest BCUT2D eigenvalue weighted by Gasteiger charge is -2.18. The molecule has 1 saturated heterocycles. The Labute approximate surface area is 129 Å². The van der Waals surface area contributed by atoms with Crippen LogP contribution in [0.4, 0.5) is 10.5 Å². The lowest BCUT2D eigenvalue weighted by Crippen LogP contribution is -2.45. The zero-order valence-corrected chi connectivity index (χ0v) is 12.7. The van der Waals surface area contributed by atoms with Gasteiger partial charge in [0.05, 0.1) is 19.3 Å². The minimum atomic E-state index is -0.605. The number of hydrogen-bond acceptors (Lipinski definition) is 4. The number of hydrogen-bond donors (Lipinski definition) is 3. The number of aliphatic hydroxyl groups excluding tert-OH is 1. The Bertz CT molecular complexity index is 530. The molecule has 22 heavy (non-hydrogen) atoms. The van der Waals surface area contributed by atoms with Crippen LogP contribution in [0.15, 0.2) is 24.3 Å². The number of amides is 3. The predicted molar refractivity (Wildman–Crippen MR) is 82.0 cm³/mol. The van der Waals surface area contributed by atoms with Gasteiger partial charge in [-0.1, -0.05) is 0 Å². The molecular formula is C15H21N3O4. The number of carbonyl (C=O) groups is 2. The van der Waals surface area contributed by atoms with Crippen molar-refractivity contribution in [3.05, 3.63) is 24.3 Å². The molecule has 1 heterocycles. The number of anilines is 1. The summed E-state index contributed by atoms with van der Waals surface area (Å²) in [5.41, 5.74) is 0.777. The Balaban J connectivity index is 1.91. The third kappa shape index (κ3) is 4.11. The molecule has 0 bridgehead atoms. The van der Waals surface area contributed by atoms with Crippen molar-refractivity contribution in [2.75, 3.05) is 25.1 Å². The summed E-state index contributed by atoms with van der Waals surface area (Å²) in [4.78, 5) is 25.4. The number of urea groups is 1. The fourth-order valence-electron chi connectivity index (χ4n) is 2.29. The van der Waals surface area contributed by atoms with E-state index in [1.807, 2.05) is 12.1 Å². The number of ether oxygens (including phenoxy) is 1. The second-order valence-corrected chi connectivity index (χ2v) is 5.31. The first-order valence-electron chi connectivity index (χ1n) is 7.16. The lowest BCUT2D eigenvalue weighted by molar-refractivity contribution is -0.117. The van der Waals surface area contributed by atoms with E-state index in [9.17, 15) is 9.59 Å². The van der Waals surface area contributed by atoms with Crippen LogP contribution in [0.5, 0.6) is 5.75 Å². The third-order valence-corrected chi connectivity index (χ3v) is 3.40. The van der Waals surface area contributed by atoms with Gasteiger partial charge in [0.25, 0.3) is 0 Å². The van der Waals surface area contributed by atoms with Gasteiger partial charge in [0.2, 0.25) is 5.91 Å². The zero-order chi connectivity index (χ0) is 16.1. The monoisotopic (exact) mass is 307 g/mol. The summed E-state index contributed by atoms with van der Waals surface area (Å²) < 4.78 is 5.09. The largest absolute Gasteiger partial charge is 0.497 e. The van der Waals surface area contributed by atoms with Crippen LogP contribution in [0, 0.1) is 0 Å². The molecule has 0 saturated carbocycles. The molecule has 2 atom stereocenters. The van der Waals surface area contributed by atoms with Crippen molar-refractivity contribution in [2.24, 2.45) is 0 Å². The highest BCUT2D eigenvalue weighted by Gasteiger charge is 2.31. The number of aliphatic hydroxyl groups is 1. The summed E-state index contributed by atoms with van der Waals surface area (Å²) in [6.07, 6.45) is -0.347. The second kappa shape index (κ2) is 7.13. The van der Waals surface area contributed by atoms with E-state index in [0.29, 0.717) is 6.54 Å². The van der Waals surface area contributed by atoms with Crippen molar-refractivity contribution in [3.63, 3.8) is 0 Å². The fourth-order valence-corrected chi connectivity index (χ4v) is 2.29. The van der Waals surface area contributed by atoms with Crippen LogP contribution in [0.3, 0.4) is 0 Å². The van der Waals surface area contributed by atoms with Gasteiger partial charge in [-0.25, -0.2) is 4.79 Å². The van der Waals surface area contributed by atoms with Crippen molar-refractivity contribution < 1.29 is 19.4 Å². The minimum absolute atomic E-state index is 0.0361. The first-order valence-corrected chi connectivity index (χ1v) is 7.16. The van der Waals surface area contributed by atoms with Crippen LogP contribution in [0.2, 0.25) is 0 Å². The molecule has 2 rings (SSSR count). The highest BCUT2D eigenvalue weighted by molar-refractivity contribution is 5.96. The van der Waals surface area contributed by atoms with Gasteiger partial charge in [-0.3, -0.25) is 4.79 Å². The van der Waals surface area contributed by atoms with Gasteiger partial charge in [-0.05, 0) is 31.2 Å². The Morgan fingerprint density at radius 1 is 1.45 bits per heavy atom. The minimum Gasteiger partial charge on any atom is -0.497 e. The van der Waals surface area contributed by atoms with Gasteiger partial charge in [-0.2, -0.15) is 0 Å². The Morgan fingerprint density at radius 3 is 2.73 bits per heavy atom. The van der Waals surface area contributed by atoms with Crippen molar-refractivity contribution in [1.29, 1.82) is 0 Å². The molecule has 120 valence electrons. The van der Waals surface area contributed by atoms with Gasteiger partial charge in [0.1, 0.15) is 5.75 Å². The third-order valence-electron chi connectivity index (χ3n) is 3.40. The SMILES string of the molecule is COc1ccc(N2C[C@H](NC(=O)NC[C@H](C)O)CC2=O)cc1. The number of carbonyl (C=O) groups excluding carboxylic acids is 2. The van der Waals surface area contributed by atoms with E-state index in [2.05, 4.69) is 10.6 Å². The first-order chi connectivity index (χ1) is 10.5. The number of nitrogens with zero attached hydrogens (tertiary/aromatic N) is 1. The van der Waals surface area contributed by atoms with E-state index in [-0.39, 0.29) is 30.9 Å². The molecular weight excluding hydrogens is 286 g/mol. The molecule has 0 aromatic heterocycles. The molecule has 0 spiro atoms. The van der Waals surface area contributed by atoms with E-state index < -0.39 is 6.10 Å². The molecule has 0 radical (unpaired) electrons. The normalized spacial score (nSPS) is 19.0. The summed E-state index contributed by atoms with van der Waals surface area (Å²) in [5.74, 6) is 0.688. The quantitative estimate of drug-likeness (QED) is 0.738. The average Bonchev–Trinajstić information content (AvgIpc) is 2.85. The maximum Gasteiger partial charge on any atom is 0.315 e. The van der Waals surface area contributed by atoms with Crippen molar-refractivity contribution in [1.82, 2.24) is 10.6 Å². The van der Waals surface area contributed by atoms with Crippen LogP contribution in [0.25, 0.3) is 0 Å². The Hall–Kier alpha value is -2.28. The summed E-state index contributed by atoms with van der Waals surface area (Å²) in [6, 6.07) is 6.58. The molecule has 0 aliphatic carbocycles. The van der Waals surface area contributed by atoms with E-state index in [1.165, 1.54) is 0 Å². The molecule has 1 aromatic rings. The van der Waals surface area contributed by atoms with Crippen LogP contribution in [0.1, 0.15) is 13.3 Å². The van der Waals surface area contributed by atoms with Gasteiger partial charge >= 0.3 is 6.03 Å². The smallest absolute Gasteiger partial charge is 0.315 e. The van der Waals surface area contributed by atoms with E-state index in [4.69, 9.17) is 9.84 Å². The lowest BCUT2D eigenvalue weighted by atomic mass is 10.2. The van der Waals surface area contributed by atoms with Crippen LogP contribution >= 0.6 is 0 Å². The molecule has 3 N–H and O–H groups in total. The molecule has 0 unspecified atom stereocenters. The Kier molecular flexibility index (Phi) is 5.21. The van der Waals surface area contributed by atoms with Gasteiger partial charge in [0, 0.05) is 25.2 Å². The van der Waals surface area contributed by atoms with Crippen molar-refractivity contribution in [3.8, 4) is 5.75 Å². The molecule has 1 fully saturated rings. The summed E-state index contributed by atoms with van der Waals surface area (Å²) in [5, 5.41) is 14.4. The molecule has 7 heteroatoms. The second-order valence-electron chi connectivity index (χ2n) is 5.31. The topological polar surface area (TPSA) is 90.9 Å². The van der Waals surface area contributed by atoms with Crippen molar-refractivity contribution in [2.45, 2.75) is 25.5 Å². The van der Waals surface area contributed by atoms with Crippen LogP contribution in [-0.2, 0) is 4.79 Å². The number of methoxy groups -OCH3 is 1. The van der Waals surface area contributed by atoms with Gasteiger partial charge in [-0.15, -0.1) is 0 Å².